The highest BCUT2D eigenvalue weighted by Gasteiger charge is 2.19. The van der Waals surface area contributed by atoms with Crippen LogP contribution in [0.1, 0.15) is 12.5 Å². The van der Waals surface area contributed by atoms with E-state index >= 15 is 0 Å². The number of carbonyl (C=O) groups is 1. The summed E-state index contributed by atoms with van der Waals surface area (Å²) in [5, 5.41) is 10.6. The summed E-state index contributed by atoms with van der Waals surface area (Å²) in [6, 6.07) is 6.63. The lowest BCUT2D eigenvalue weighted by Gasteiger charge is -2.34. The maximum Gasteiger partial charge on any atom is 0.269 e. The first-order valence-corrected chi connectivity index (χ1v) is 6.97. The van der Waals surface area contributed by atoms with Crippen LogP contribution < -0.4 is 0 Å². The Morgan fingerprint density at radius 2 is 1.86 bits per heavy atom. The maximum absolute atomic E-state index is 11.7. The molecule has 1 aliphatic rings. The van der Waals surface area contributed by atoms with Gasteiger partial charge in [0.15, 0.2) is 0 Å². The average Bonchev–Trinajstić information content (AvgIpc) is 2.49. The van der Waals surface area contributed by atoms with Crippen molar-refractivity contribution >= 4 is 11.6 Å². The van der Waals surface area contributed by atoms with Crippen molar-refractivity contribution in [3.63, 3.8) is 0 Å². The number of benzene rings is 1. The molecule has 6 nitrogen and oxygen atoms in total. The van der Waals surface area contributed by atoms with Crippen molar-refractivity contribution in [2.24, 2.45) is 0 Å². The molecule has 1 heterocycles. The summed E-state index contributed by atoms with van der Waals surface area (Å²) in [6.07, 6.45) is 3.34. The SMILES string of the molecule is C/C=C/C(=O)N1CCN(Cc2ccc([N+](=O)[O-])cc2)CC1. The molecule has 0 N–H and O–H groups in total. The van der Waals surface area contributed by atoms with Gasteiger partial charge in [0.2, 0.25) is 5.91 Å². The Morgan fingerprint density at radius 1 is 1.24 bits per heavy atom. The monoisotopic (exact) mass is 289 g/mol. The van der Waals surface area contributed by atoms with E-state index in [1.54, 1.807) is 24.3 Å². The van der Waals surface area contributed by atoms with Crippen LogP contribution in [0.15, 0.2) is 36.4 Å². The van der Waals surface area contributed by atoms with Gasteiger partial charge in [-0.25, -0.2) is 0 Å². The van der Waals surface area contributed by atoms with Gasteiger partial charge in [-0.05, 0) is 18.6 Å². The topological polar surface area (TPSA) is 66.7 Å². The fraction of sp³-hybridized carbons (Fsp3) is 0.400. The van der Waals surface area contributed by atoms with Crippen molar-refractivity contribution in [2.75, 3.05) is 26.2 Å². The molecule has 0 radical (unpaired) electrons. The second-order valence-electron chi connectivity index (χ2n) is 5.02. The minimum absolute atomic E-state index is 0.0625. The van der Waals surface area contributed by atoms with Gasteiger partial charge in [-0.2, -0.15) is 0 Å². The van der Waals surface area contributed by atoms with Crippen LogP contribution in [0.25, 0.3) is 0 Å². The predicted octanol–water partition coefficient (Wildman–Crippen LogP) is 1.82. The Balaban J connectivity index is 1.86. The van der Waals surface area contributed by atoms with Gasteiger partial charge in [-0.15, -0.1) is 0 Å². The van der Waals surface area contributed by atoms with E-state index in [1.807, 2.05) is 11.8 Å². The summed E-state index contributed by atoms with van der Waals surface area (Å²) >= 11 is 0. The lowest BCUT2D eigenvalue weighted by atomic mass is 10.2. The molecule has 1 saturated heterocycles. The third-order valence-electron chi connectivity index (χ3n) is 3.55. The molecule has 0 bridgehead atoms. The van der Waals surface area contributed by atoms with Crippen molar-refractivity contribution in [1.82, 2.24) is 9.80 Å². The highest BCUT2D eigenvalue weighted by atomic mass is 16.6. The van der Waals surface area contributed by atoms with Crippen LogP contribution in [0.2, 0.25) is 0 Å². The van der Waals surface area contributed by atoms with Crippen molar-refractivity contribution < 1.29 is 9.72 Å². The number of nitro benzene ring substituents is 1. The van der Waals surface area contributed by atoms with E-state index in [1.165, 1.54) is 12.1 Å². The normalized spacial score (nSPS) is 16.3. The molecule has 1 aliphatic heterocycles. The third-order valence-corrected chi connectivity index (χ3v) is 3.55. The van der Waals surface area contributed by atoms with E-state index in [9.17, 15) is 14.9 Å². The second kappa shape index (κ2) is 6.99. The van der Waals surface area contributed by atoms with Crippen LogP contribution in [-0.4, -0.2) is 46.8 Å². The van der Waals surface area contributed by atoms with Crippen LogP contribution in [0.3, 0.4) is 0 Å². The molecule has 0 saturated carbocycles. The van der Waals surface area contributed by atoms with Gasteiger partial charge < -0.3 is 4.90 Å². The lowest BCUT2D eigenvalue weighted by molar-refractivity contribution is -0.384. The van der Waals surface area contributed by atoms with Gasteiger partial charge in [0, 0.05) is 44.9 Å². The molecule has 21 heavy (non-hydrogen) atoms. The summed E-state index contributed by atoms with van der Waals surface area (Å²) in [5.74, 6) is 0.0625. The first-order chi connectivity index (χ1) is 10.1. The van der Waals surface area contributed by atoms with E-state index in [4.69, 9.17) is 0 Å². The molecule has 1 amide bonds. The molecule has 0 unspecified atom stereocenters. The van der Waals surface area contributed by atoms with Crippen molar-refractivity contribution in [1.29, 1.82) is 0 Å². The number of allylic oxidation sites excluding steroid dienone is 1. The standard InChI is InChI=1S/C15H19N3O3/c1-2-3-15(19)17-10-8-16(9-11-17)12-13-4-6-14(7-5-13)18(20)21/h2-7H,8-12H2,1H3/b3-2+. The fourth-order valence-electron chi connectivity index (χ4n) is 2.36. The molecule has 1 fully saturated rings. The van der Waals surface area contributed by atoms with Gasteiger partial charge in [0.1, 0.15) is 0 Å². The van der Waals surface area contributed by atoms with Crippen LogP contribution in [0.5, 0.6) is 0 Å². The summed E-state index contributed by atoms with van der Waals surface area (Å²) < 4.78 is 0. The summed E-state index contributed by atoms with van der Waals surface area (Å²) in [5.41, 5.74) is 1.16. The molecule has 0 aromatic heterocycles. The minimum atomic E-state index is -0.393. The molecular weight excluding hydrogens is 270 g/mol. The number of nitrogens with zero attached hydrogens (tertiary/aromatic N) is 3. The fourth-order valence-corrected chi connectivity index (χ4v) is 2.36. The van der Waals surface area contributed by atoms with Crippen molar-refractivity contribution in [3.05, 3.63) is 52.1 Å². The van der Waals surface area contributed by atoms with E-state index in [0.717, 1.165) is 38.3 Å². The molecule has 2 rings (SSSR count). The van der Waals surface area contributed by atoms with E-state index in [2.05, 4.69) is 4.90 Å². The van der Waals surface area contributed by atoms with Crippen LogP contribution in [-0.2, 0) is 11.3 Å². The summed E-state index contributed by atoms with van der Waals surface area (Å²) in [4.78, 5) is 26.0. The molecule has 1 aromatic carbocycles. The maximum atomic E-state index is 11.7. The first-order valence-electron chi connectivity index (χ1n) is 6.97. The average molecular weight is 289 g/mol. The molecular formula is C15H19N3O3. The number of nitro groups is 1. The molecule has 112 valence electrons. The molecule has 6 heteroatoms. The molecule has 1 aromatic rings. The smallest absolute Gasteiger partial charge is 0.269 e. The van der Waals surface area contributed by atoms with E-state index in [-0.39, 0.29) is 11.6 Å². The summed E-state index contributed by atoms with van der Waals surface area (Å²) in [6.45, 7) is 5.67. The Hall–Kier alpha value is -2.21. The molecule has 0 atom stereocenters. The van der Waals surface area contributed by atoms with Crippen molar-refractivity contribution in [3.8, 4) is 0 Å². The second-order valence-corrected chi connectivity index (χ2v) is 5.02. The Kier molecular flexibility index (Phi) is 5.05. The van der Waals surface area contributed by atoms with Crippen LogP contribution in [0.4, 0.5) is 5.69 Å². The van der Waals surface area contributed by atoms with E-state index < -0.39 is 4.92 Å². The number of amides is 1. The van der Waals surface area contributed by atoms with Crippen LogP contribution >= 0.6 is 0 Å². The zero-order valence-corrected chi connectivity index (χ0v) is 12.1. The lowest BCUT2D eigenvalue weighted by Crippen LogP contribution is -2.47. The highest BCUT2D eigenvalue weighted by molar-refractivity contribution is 5.87. The zero-order chi connectivity index (χ0) is 15.2. The van der Waals surface area contributed by atoms with Crippen LogP contribution in [0, 0.1) is 10.1 Å². The third kappa shape index (κ3) is 4.13. The number of hydrogen-bond acceptors (Lipinski definition) is 4. The van der Waals surface area contributed by atoms with E-state index in [0.29, 0.717) is 0 Å². The number of non-ortho nitro benzene ring substituents is 1. The Bertz CT molecular complexity index is 532. The summed E-state index contributed by atoms with van der Waals surface area (Å²) in [7, 11) is 0. The molecule has 0 spiro atoms. The first kappa shape index (κ1) is 15.2. The Morgan fingerprint density at radius 3 is 2.38 bits per heavy atom. The number of carbonyl (C=O) groups excluding carboxylic acids is 1. The van der Waals surface area contributed by atoms with Gasteiger partial charge >= 0.3 is 0 Å². The Labute approximate surface area is 123 Å². The zero-order valence-electron chi connectivity index (χ0n) is 12.1. The molecule has 0 aliphatic carbocycles. The number of rotatable bonds is 4. The van der Waals surface area contributed by atoms with Gasteiger partial charge in [-0.1, -0.05) is 18.2 Å². The number of piperazine rings is 1. The number of hydrogen-bond donors (Lipinski definition) is 0. The van der Waals surface area contributed by atoms with Gasteiger partial charge in [0.05, 0.1) is 4.92 Å². The predicted molar refractivity (Wildman–Crippen MR) is 79.8 cm³/mol. The largest absolute Gasteiger partial charge is 0.337 e. The highest BCUT2D eigenvalue weighted by Crippen LogP contribution is 2.14. The minimum Gasteiger partial charge on any atom is -0.337 e. The van der Waals surface area contributed by atoms with Gasteiger partial charge in [0.25, 0.3) is 5.69 Å². The van der Waals surface area contributed by atoms with Crippen molar-refractivity contribution in [2.45, 2.75) is 13.5 Å². The van der Waals surface area contributed by atoms with Gasteiger partial charge in [-0.3, -0.25) is 19.8 Å². The quantitative estimate of drug-likeness (QED) is 0.482.